The third-order valence-electron chi connectivity index (χ3n) is 2.04. The summed E-state index contributed by atoms with van der Waals surface area (Å²) in [4.78, 5) is 13.9. The van der Waals surface area contributed by atoms with E-state index in [2.05, 4.69) is 0 Å². The summed E-state index contributed by atoms with van der Waals surface area (Å²) in [5.41, 5.74) is 6.08. The smallest absolute Gasteiger partial charge is 0.254 e. The van der Waals surface area contributed by atoms with Crippen LogP contribution in [0.1, 0.15) is 17.3 Å². The van der Waals surface area contributed by atoms with Crippen LogP contribution in [0.4, 0.5) is 0 Å². The highest BCUT2D eigenvalue weighted by Gasteiger charge is 2.13. The number of nitrogens with two attached hydrogens (primary N) is 1. The number of carbonyl (C=O) groups is 1. The number of hydrogen-bond donors (Lipinski definition) is 1. The van der Waals surface area contributed by atoms with Gasteiger partial charge in [0.25, 0.3) is 5.91 Å². The summed E-state index contributed by atoms with van der Waals surface area (Å²) in [5.74, 6) is -0.0362. The van der Waals surface area contributed by atoms with Crippen LogP contribution in [0.3, 0.4) is 0 Å². The molecule has 3 nitrogen and oxygen atoms in total. The lowest BCUT2D eigenvalue weighted by atomic mass is 10.2. The molecule has 0 saturated carbocycles. The van der Waals surface area contributed by atoms with Crippen LogP contribution in [0.5, 0.6) is 0 Å². The lowest BCUT2D eigenvalue weighted by Gasteiger charge is -2.19. The molecule has 1 aromatic carbocycles. The second kappa shape index (κ2) is 5.46. The van der Waals surface area contributed by atoms with Gasteiger partial charge in [0.05, 0.1) is 11.5 Å². The van der Waals surface area contributed by atoms with E-state index in [1.165, 1.54) is 0 Å². The maximum Gasteiger partial charge on any atom is 0.254 e. The highest BCUT2D eigenvalue weighted by atomic mass is 32.1. The predicted octanol–water partition coefficient (Wildman–Crippen LogP) is 1.43. The minimum Gasteiger partial charge on any atom is -0.392 e. The summed E-state index contributed by atoms with van der Waals surface area (Å²) >= 11 is 4.79. The molecule has 0 heterocycles. The van der Waals surface area contributed by atoms with E-state index in [1.54, 1.807) is 17.0 Å². The Labute approximate surface area is 94.9 Å². The molecule has 0 unspecified atom stereocenters. The average Bonchev–Trinajstić information content (AvgIpc) is 2.26. The van der Waals surface area contributed by atoms with Gasteiger partial charge in [-0.2, -0.15) is 0 Å². The number of hydrogen-bond acceptors (Lipinski definition) is 2. The number of rotatable bonds is 4. The lowest BCUT2D eigenvalue weighted by molar-refractivity contribution is 0.0788. The van der Waals surface area contributed by atoms with E-state index >= 15 is 0 Å². The topological polar surface area (TPSA) is 46.3 Å². The van der Waals surface area contributed by atoms with Crippen molar-refractivity contribution in [2.24, 2.45) is 5.73 Å². The van der Waals surface area contributed by atoms with Gasteiger partial charge in [-0.05, 0) is 19.1 Å². The lowest BCUT2D eigenvalue weighted by Crippen LogP contribution is -2.37. The molecule has 0 aliphatic carbocycles. The number of amides is 1. The summed E-state index contributed by atoms with van der Waals surface area (Å²) in [5, 5.41) is 0. The summed E-state index contributed by atoms with van der Waals surface area (Å²) in [6.07, 6.45) is 0. The predicted molar refractivity (Wildman–Crippen MR) is 64.8 cm³/mol. The molecule has 0 atom stereocenters. The maximum atomic E-state index is 11.9. The Kier molecular flexibility index (Phi) is 4.24. The van der Waals surface area contributed by atoms with Crippen molar-refractivity contribution in [3.05, 3.63) is 35.9 Å². The van der Waals surface area contributed by atoms with E-state index in [9.17, 15) is 4.79 Å². The van der Waals surface area contributed by atoms with Crippen molar-refractivity contribution in [1.82, 2.24) is 4.90 Å². The van der Waals surface area contributed by atoms with Gasteiger partial charge >= 0.3 is 0 Å². The quantitative estimate of drug-likeness (QED) is 0.784. The Balaban J connectivity index is 2.78. The first-order valence-corrected chi connectivity index (χ1v) is 5.18. The molecule has 15 heavy (non-hydrogen) atoms. The van der Waals surface area contributed by atoms with Gasteiger partial charge in [-0.1, -0.05) is 30.4 Å². The van der Waals surface area contributed by atoms with Crippen molar-refractivity contribution in [3.8, 4) is 0 Å². The molecule has 0 aromatic heterocycles. The highest BCUT2D eigenvalue weighted by Crippen LogP contribution is 2.04. The summed E-state index contributed by atoms with van der Waals surface area (Å²) in [6.45, 7) is 2.84. The van der Waals surface area contributed by atoms with Crippen LogP contribution < -0.4 is 5.73 Å². The van der Waals surface area contributed by atoms with Crippen LogP contribution in [-0.4, -0.2) is 28.9 Å². The Morgan fingerprint density at radius 1 is 1.40 bits per heavy atom. The van der Waals surface area contributed by atoms with Gasteiger partial charge in [-0.15, -0.1) is 0 Å². The van der Waals surface area contributed by atoms with Crippen molar-refractivity contribution in [2.75, 3.05) is 13.1 Å². The fourth-order valence-electron chi connectivity index (χ4n) is 1.28. The first-order chi connectivity index (χ1) is 7.15. The zero-order chi connectivity index (χ0) is 11.3. The number of likely N-dealkylation sites (N-methyl/N-ethyl adjacent to an activating group) is 1. The van der Waals surface area contributed by atoms with Crippen molar-refractivity contribution < 1.29 is 4.79 Å². The van der Waals surface area contributed by atoms with Gasteiger partial charge in [-0.3, -0.25) is 4.79 Å². The van der Waals surface area contributed by atoms with Crippen LogP contribution in [0, 0.1) is 0 Å². The number of nitrogens with zero attached hydrogens (tertiary/aromatic N) is 1. The van der Waals surface area contributed by atoms with Gasteiger partial charge in [0.15, 0.2) is 0 Å². The van der Waals surface area contributed by atoms with Crippen molar-refractivity contribution in [3.63, 3.8) is 0 Å². The van der Waals surface area contributed by atoms with E-state index in [1.807, 2.05) is 25.1 Å². The minimum absolute atomic E-state index is 0.0362. The highest BCUT2D eigenvalue weighted by molar-refractivity contribution is 7.80. The minimum atomic E-state index is -0.0362. The average molecular weight is 222 g/mol. The molecular weight excluding hydrogens is 208 g/mol. The van der Waals surface area contributed by atoms with Gasteiger partial charge < -0.3 is 10.6 Å². The molecule has 4 heteroatoms. The van der Waals surface area contributed by atoms with Crippen molar-refractivity contribution >= 4 is 23.1 Å². The Bertz CT molecular complexity index is 351. The Morgan fingerprint density at radius 2 is 2.00 bits per heavy atom. The zero-order valence-corrected chi connectivity index (χ0v) is 9.46. The van der Waals surface area contributed by atoms with E-state index in [-0.39, 0.29) is 5.91 Å². The summed E-state index contributed by atoms with van der Waals surface area (Å²) in [7, 11) is 0. The fourth-order valence-corrected chi connectivity index (χ4v) is 1.43. The SMILES string of the molecule is CCN(CC(N)=S)C(=O)c1ccccc1. The molecule has 0 bridgehead atoms. The zero-order valence-electron chi connectivity index (χ0n) is 8.64. The van der Waals surface area contributed by atoms with Gasteiger partial charge in [0.1, 0.15) is 0 Å². The maximum absolute atomic E-state index is 11.9. The number of thiocarbonyl (C=S) groups is 1. The molecule has 0 saturated heterocycles. The van der Waals surface area contributed by atoms with E-state index in [0.29, 0.717) is 23.6 Å². The first kappa shape index (κ1) is 11.7. The second-order valence-corrected chi connectivity index (χ2v) is 3.68. The molecule has 0 spiro atoms. The molecule has 1 amide bonds. The monoisotopic (exact) mass is 222 g/mol. The molecule has 0 fully saturated rings. The van der Waals surface area contributed by atoms with Crippen molar-refractivity contribution in [1.29, 1.82) is 0 Å². The third-order valence-corrected chi connectivity index (χ3v) is 2.17. The molecule has 2 N–H and O–H groups in total. The van der Waals surface area contributed by atoms with Crippen LogP contribution in [-0.2, 0) is 0 Å². The second-order valence-electron chi connectivity index (χ2n) is 3.15. The Morgan fingerprint density at radius 3 is 2.47 bits per heavy atom. The van der Waals surface area contributed by atoms with Crippen LogP contribution in [0.15, 0.2) is 30.3 Å². The van der Waals surface area contributed by atoms with Crippen LogP contribution >= 0.6 is 12.2 Å². The standard InChI is InChI=1S/C11H14N2OS/c1-2-13(8-10(12)15)11(14)9-6-4-3-5-7-9/h3-7H,2,8H2,1H3,(H2,12,15). The molecule has 1 aromatic rings. The molecule has 1 rings (SSSR count). The van der Waals surface area contributed by atoms with Crippen molar-refractivity contribution in [2.45, 2.75) is 6.92 Å². The molecule has 80 valence electrons. The van der Waals surface area contributed by atoms with Crippen LogP contribution in [0.2, 0.25) is 0 Å². The van der Waals surface area contributed by atoms with Gasteiger partial charge in [-0.25, -0.2) is 0 Å². The largest absolute Gasteiger partial charge is 0.392 e. The van der Waals surface area contributed by atoms with E-state index < -0.39 is 0 Å². The molecule has 0 aliphatic rings. The van der Waals surface area contributed by atoms with E-state index in [4.69, 9.17) is 18.0 Å². The molecule has 0 radical (unpaired) electrons. The fraction of sp³-hybridized carbons (Fsp3) is 0.273. The van der Waals surface area contributed by atoms with Gasteiger partial charge in [0.2, 0.25) is 0 Å². The Hall–Kier alpha value is -1.42. The molecular formula is C11H14N2OS. The van der Waals surface area contributed by atoms with Crippen LogP contribution in [0.25, 0.3) is 0 Å². The normalized spacial score (nSPS) is 9.67. The van der Waals surface area contributed by atoms with E-state index in [0.717, 1.165) is 0 Å². The first-order valence-electron chi connectivity index (χ1n) is 4.77. The number of benzene rings is 1. The third kappa shape index (κ3) is 3.32. The summed E-state index contributed by atoms with van der Waals surface area (Å²) in [6, 6.07) is 9.11. The molecule has 0 aliphatic heterocycles. The summed E-state index contributed by atoms with van der Waals surface area (Å²) < 4.78 is 0. The number of carbonyl (C=O) groups excluding carboxylic acids is 1. The van der Waals surface area contributed by atoms with Gasteiger partial charge in [0, 0.05) is 12.1 Å².